The summed E-state index contributed by atoms with van der Waals surface area (Å²) in [5.74, 6) is 0.550. The van der Waals surface area contributed by atoms with E-state index in [0.717, 1.165) is 11.1 Å². The Balaban J connectivity index is 1.45. The topological polar surface area (TPSA) is 93.7 Å². The van der Waals surface area contributed by atoms with Gasteiger partial charge in [-0.1, -0.05) is 42.5 Å². The molecule has 4 rings (SSSR count). The lowest BCUT2D eigenvalue weighted by atomic mass is 10.0. The van der Waals surface area contributed by atoms with Crippen molar-refractivity contribution in [3.05, 3.63) is 103 Å². The molecular formula is C27H24N2O5S. The van der Waals surface area contributed by atoms with E-state index in [2.05, 4.69) is 10.0 Å². The van der Waals surface area contributed by atoms with Crippen LogP contribution in [-0.4, -0.2) is 28.5 Å². The van der Waals surface area contributed by atoms with Gasteiger partial charge in [-0.05, 0) is 59.7 Å². The number of rotatable bonds is 8. The lowest BCUT2D eigenvalue weighted by Crippen LogP contribution is -2.14. The second-order valence-corrected chi connectivity index (χ2v) is 9.28. The van der Waals surface area contributed by atoms with Crippen LogP contribution in [0.2, 0.25) is 0 Å². The number of amides is 1. The molecule has 0 aliphatic heterocycles. The smallest absolute Gasteiger partial charge is 0.262 e. The van der Waals surface area contributed by atoms with Crippen LogP contribution in [-0.2, 0) is 10.0 Å². The van der Waals surface area contributed by atoms with E-state index >= 15 is 0 Å². The lowest BCUT2D eigenvalue weighted by Gasteiger charge is -2.13. The quantitative estimate of drug-likeness (QED) is 0.345. The first-order chi connectivity index (χ1) is 16.9. The van der Waals surface area contributed by atoms with Gasteiger partial charge in [-0.2, -0.15) is 0 Å². The van der Waals surface area contributed by atoms with Gasteiger partial charge in [0.05, 0.1) is 24.8 Å². The standard InChI is InChI=1S/C27H24N2O5S/c1-33-23-14-17-26(34-2)25(18-23)29-35(31,32)24-15-12-22(13-16-24)28-27(30)21-10-8-20(9-11-21)19-6-4-3-5-7-19/h3-18,29H,1-2H3,(H,28,30). The van der Waals surface area contributed by atoms with Crippen molar-refractivity contribution < 1.29 is 22.7 Å². The van der Waals surface area contributed by atoms with Crippen molar-refractivity contribution in [1.82, 2.24) is 0 Å². The SMILES string of the molecule is COc1ccc(OC)c(NS(=O)(=O)c2ccc(NC(=O)c3ccc(-c4ccccc4)cc3)cc2)c1. The number of ether oxygens (including phenoxy) is 2. The average Bonchev–Trinajstić information content (AvgIpc) is 2.89. The maximum atomic E-state index is 12.9. The van der Waals surface area contributed by atoms with E-state index in [1.807, 2.05) is 42.5 Å². The molecule has 7 nitrogen and oxygen atoms in total. The number of hydrogen-bond donors (Lipinski definition) is 2. The molecule has 178 valence electrons. The Morgan fingerprint density at radius 1 is 0.743 bits per heavy atom. The molecule has 0 radical (unpaired) electrons. The van der Waals surface area contributed by atoms with Gasteiger partial charge in [0.25, 0.3) is 15.9 Å². The maximum absolute atomic E-state index is 12.9. The van der Waals surface area contributed by atoms with Crippen LogP contribution in [0.4, 0.5) is 11.4 Å². The molecule has 0 atom stereocenters. The second-order valence-electron chi connectivity index (χ2n) is 7.59. The number of sulfonamides is 1. The molecule has 0 spiro atoms. The average molecular weight is 489 g/mol. The Kier molecular flexibility index (Phi) is 7.03. The van der Waals surface area contributed by atoms with Crippen LogP contribution in [0.1, 0.15) is 10.4 Å². The zero-order chi connectivity index (χ0) is 24.8. The number of nitrogens with one attached hydrogen (secondary N) is 2. The van der Waals surface area contributed by atoms with Crippen LogP contribution in [0.15, 0.2) is 102 Å². The molecule has 2 N–H and O–H groups in total. The fraction of sp³-hybridized carbons (Fsp3) is 0.0741. The summed E-state index contributed by atoms with van der Waals surface area (Å²) in [5, 5.41) is 2.79. The van der Waals surface area contributed by atoms with Crippen LogP contribution < -0.4 is 19.5 Å². The van der Waals surface area contributed by atoms with Crippen molar-refractivity contribution in [2.45, 2.75) is 4.90 Å². The number of carbonyl (C=O) groups excluding carboxylic acids is 1. The predicted molar refractivity (Wildman–Crippen MR) is 137 cm³/mol. The van der Waals surface area contributed by atoms with E-state index in [0.29, 0.717) is 22.7 Å². The third kappa shape index (κ3) is 5.62. The summed E-state index contributed by atoms with van der Waals surface area (Å²) >= 11 is 0. The predicted octanol–water partition coefficient (Wildman–Crippen LogP) is 5.42. The molecule has 0 unspecified atom stereocenters. The van der Waals surface area contributed by atoms with Gasteiger partial charge in [0.1, 0.15) is 11.5 Å². The number of carbonyl (C=O) groups is 1. The summed E-state index contributed by atoms with van der Waals surface area (Å²) in [6, 6.07) is 27.9. The molecular weight excluding hydrogens is 464 g/mol. The third-order valence-corrected chi connectivity index (χ3v) is 6.71. The van der Waals surface area contributed by atoms with Crippen LogP contribution in [0, 0.1) is 0 Å². The van der Waals surface area contributed by atoms with Crippen molar-refractivity contribution in [3.8, 4) is 22.6 Å². The molecule has 0 bridgehead atoms. The molecule has 35 heavy (non-hydrogen) atoms. The second kappa shape index (κ2) is 10.3. The van der Waals surface area contributed by atoms with E-state index < -0.39 is 10.0 Å². The number of anilines is 2. The third-order valence-electron chi connectivity index (χ3n) is 5.33. The van der Waals surface area contributed by atoms with Crippen LogP contribution in [0.3, 0.4) is 0 Å². The van der Waals surface area contributed by atoms with Gasteiger partial charge in [0, 0.05) is 17.3 Å². The Bertz CT molecular complexity index is 1420. The van der Waals surface area contributed by atoms with Crippen molar-refractivity contribution in [3.63, 3.8) is 0 Å². The molecule has 4 aromatic carbocycles. The van der Waals surface area contributed by atoms with E-state index in [1.165, 1.54) is 44.6 Å². The van der Waals surface area contributed by atoms with Gasteiger partial charge in [-0.15, -0.1) is 0 Å². The first-order valence-corrected chi connectivity index (χ1v) is 12.2. The highest BCUT2D eigenvalue weighted by Gasteiger charge is 2.17. The fourth-order valence-corrected chi connectivity index (χ4v) is 4.52. The highest BCUT2D eigenvalue weighted by Crippen LogP contribution is 2.31. The first kappa shape index (κ1) is 23.8. The minimum absolute atomic E-state index is 0.0348. The van der Waals surface area contributed by atoms with Gasteiger partial charge in [0.2, 0.25) is 0 Å². The molecule has 0 fully saturated rings. The number of benzene rings is 4. The first-order valence-electron chi connectivity index (χ1n) is 10.7. The van der Waals surface area contributed by atoms with Crippen molar-refractivity contribution >= 4 is 27.3 Å². The molecule has 0 heterocycles. The van der Waals surface area contributed by atoms with Crippen LogP contribution in [0.25, 0.3) is 11.1 Å². The zero-order valence-corrected chi connectivity index (χ0v) is 20.0. The van der Waals surface area contributed by atoms with Gasteiger partial charge >= 0.3 is 0 Å². The normalized spacial score (nSPS) is 10.9. The molecule has 0 aromatic heterocycles. The number of hydrogen-bond acceptors (Lipinski definition) is 5. The van der Waals surface area contributed by atoms with Crippen LogP contribution >= 0.6 is 0 Å². The van der Waals surface area contributed by atoms with Crippen molar-refractivity contribution in [2.75, 3.05) is 24.3 Å². The summed E-state index contributed by atoms with van der Waals surface area (Å²) in [5.41, 5.74) is 3.30. The summed E-state index contributed by atoms with van der Waals surface area (Å²) in [7, 11) is -0.956. The zero-order valence-electron chi connectivity index (χ0n) is 19.2. The van der Waals surface area contributed by atoms with E-state index in [4.69, 9.17) is 9.47 Å². The van der Waals surface area contributed by atoms with E-state index in [1.54, 1.807) is 24.3 Å². The molecule has 1 amide bonds. The summed E-state index contributed by atoms with van der Waals surface area (Å²) in [6.07, 6.45) is 0. The lowest BCUT2D eigenvalue weighted by molar-refractivity contribution is 0.102. The highest BCUT2D eigenvalue weighted by molar-refractivity contribution is 7.92. The minimum Gasteiger partial charge on any atom is -0.497 e. The largest absolute Gasteiger partial charge is 0.497 e. The maximum Gasteiger partial charge on any atom is 0.262 e. The van der Waals surface area contributed by atoms with Gasteiger partial charge < -0.3 is 14.8 Å². The van der Waals surface area contributed by atoms with Crippen molar-refractivity contribution in [1.29, 1.82) is 0 Å². The monoisotopic (exact) mass is 488 g/mol. The summed E-state index contributed by atoms with van der Waals surface area (Å²) in [4.78, 5) is 12.7. The highest BCUT2D eigenvalue weighted by atomic mass is 32.2. The van der Waals surface area contributed by atoms with E-state index in [-0.39, 0.29) is 16.5 Å². The Labute approximate surface area is 204 Å². The molecule has 0 saturated carbocycles. The van der Waals surface area contributed by atoms with Crippen molar-refractivity contribution in [2.24, 2.45) is 0 Å². The summed E-state index contributed by atoms with van der Waals surface area (Å²) in [6.45, 7) is 0. The Morgan fingerprint density at radius 3 is 2.03 bits per heavy atom. The molecule has 0 aliphatic rings. The summed E-state index contributed by atoms with van der Waals surface area (Å²) < 4.78 is 38.7. The van der Waals surface area contributed by atoms with Crippen LogP contribution in [0.5, 0.6) is 11.5 Å². The fourth-order valence-electron chi connectivity index (χ4n) is 3.46. The van der Waals surface area contributed by atoms with Gasteiger partial charge in [-0.25, -0.2) is 8.42 Å². The van der Waals surface area contributed by atoms with Gasteiger partial charge in [0.15, 0.2) is 0 Å². The molecule has 0 aliphatic carbocycles. The molecule has 0 saturated heterocycles. The molecule has 8 heteroatoms. The number of methoxy groups -OCH3 is 2. The van der Waals surface area contributed by atoms with Gasteiger partial charge in [-0.3, -0.25) is 9.52 Å². The Morgan fingerprint density at radius 2 is 1.40 bits per heavy atom. The Hall–Kier alpha value is -4.30. The van der Waals surface area contributed by atoms with E-state index in [9.17, 15) is 13.2 Å². The minimum atomic E-state index is -3.90. The molecule has 4 aromatic rings.